The number of amides is 1. The van der Waals surface area contributed by atoms with Gasteiger partial charge in [0.25, 0.3) is 5.91 Å². The monoisotopic (exact) mass is 232 g/mol. The third-order valence-electron chi connectivity index (χ3n) is 3.57. The van der Waals surface area contributed by atoms with Gasteiger partial charge in [-0.1, -0.05) is 13.0 Å². The van der Waals surface area contributed by atoms with Crippen molar-refractivity contribution in [3.05, 3.63) is 29.3 Å². The molecule has 2 unspecified atom stereocenters. The summed E-state index contributed by atoms with van der Waals surface area (Å²) in [7, 11) is 0. The second-order valence-corrected chi connectivity index (χ2v) is 5.16. The molecule has 1 aromatic carbocycles. The zero-order chi connectivity index (χ0) is 12.4. The first-order valence-electron chi connectivity index (χ1n) is 6.23. The molecule has 2 atom stereocenters. The lowest BCUT2D eigenvalue weighted by Crippen LogP contribution is -2.32. The summed E-state index contributed by atoms with van der Waals surface area (Å²) in [4.78, 5) is 12.0. The number of carbonyl (C=O) groups is 1. The molecule has 3 nitrogen and oxygen atoms in total. The molecule has 3 N–H and O–H groups in total. The van der Waals surface area contributed by atoms with E-state index in [0.717, 1.165) is 24.3 Å². The van der Waals surface area contributed by atoms with Gasteiger partial charge in [-0.3, -0.25) is 4.79 Å². The Bertz CT molecular complexity index is 428. The third-order valence-corrected chi connectivity index (χ3v) is 3.57. The number of carbonyl (C=O) groups excluding carboxylic acids is 1. The molecule has 1 aliphatic carbocycles. The molecule has 0 aliphatic heterocycles. The number of rotatable bonds is 2. The van der Waals surface area contributed by atoms with Crippen molar-refractivity contribution in [3.8, 4) is 0 Å². The molecule has 0 spiro atoms. The van der Waals surface area contributed by atoms with Crippen LogP contribution in [0.1, 0.15) is 42.1 Å². The van der Waals surface area contributed by atoms with E-state index < -0.39 is 0 Å². The summed E-state index contributed by atoms with van der Waals surface area (Å²) in [6, 6.07) is 5.81. The lowest BCUT2D eigenvalue weighted by Gasteiger charge is -2.13. The predicted octanol–water partition coefficient (Wildman–Crippen LogP) is 2.50. The Morgan fingerprint density at radius 3 is 2.76 bits per heavy atom. The summed E-state index contributed by atoms with van der Waals surface area (Å²) < 4.78 is 0. The molecular formula is C14H20N2O. The molecule has 1 aliphatic rings. The molecular weight excluding hydrogens is 212 g/mol. The van der Waals surface area contributed by atoms with Gasteiger partial charge in [0.1, 0.15) is 0 Å². The summed E-state index contributed by atoms with van der Waals surface area (Å²) in [6.45, 7) is 4.17. The Balaban J connectivity index is 2.02. The highest BCUT2D eigenvalue weighted by Gasteiger charge is 2.23. The number of aryl methyl sites for hydroxylation is 1. The van der Waals surface area contributed by atoms with Gasteiger partial charge in [-0.2, -0.15) is 0 Å². The molecule has 0 radical (unpaired) electrons. The van der Waals surface area contributed by atoms with Crippen molar-refractivity contribution in [1.82, 2.24) is 5.32 Å². The number of nitrogens with two attached hydrogens (primary N) is 1. The van der Waals surface area contributed by atoms with E-state index in [-0.39, 0.29) is 5.91 Å². The molecule has 0 bridgehead atoms. The first kappa shape index (κ1) is 12.0. The average molecular weight is 232 g/mol. The van der Waals surface area contributed by atoms with Gasteiger partial charge in [-0.15, -0.1) is 0 Å². The minimum Gasteiger partial charge on any atom is -0.398 e. The normalized spacial score (nSPS) is 23.6. The van der Waals surface area contributed by atoms with Crippen LogP contribution in [-0.4, -0.2) is 11.9 Å². The maximum atomic E-state index is 12.0. The highest BCUT2D eigenvalue weighted by molar-refractivity contribution is 5.95. The highest BCUT2D eigenvalue weighted by atomic mass is 16.1. The largest absolute Gasteiger partial charge is 0.398 e. The summed E-state index contributed by atoms with van der Waals surface area (Å²) in [5.41, 5.74) is 8.16. The van der Waals surface area contributed by atoms with Crippen LogP contribution >= 0.6 is 0 Å². The molecule has 0 saturated heterocycles. The molecule has 1 aromatic rings. The van der Waals surface area contributed by atoms with Crippen molar-refractivity contribution in [2.24, 2.45) is 5.92 Å². The Morgan fingerprint density at radius 2 is 2.18 bits per heavy atom. The molecule has 3 heteroatoms. The van der Waals surface area contributed by atoms with E-state index >= 15 is 0 Å². The Hall–Kier alpha value is -1.51. The Morgan fingerprint density at radius 1 is 1.41 bits per heavy atom. The van der Waals surface area contributed by atoms with Crippen molar-refractivity contribution in [2.75, 3.05) is 5.73 Å². The minimum absolute atomic E-state index is 0.00389. The first-order chi connectivity index (χ1) is 8.06. The molecule has 92 valence electrons. The van der Waals surface area contributed by atoms with E-state index in [0.29, 0.717) is 17.3 Å². The predicted molar refractivity (Wildman–Crippen MR) is 69.9 cm³/mol. The lowest BCUT2D eigenvalue weighted by atomic mass is 10.1. The van der Waals surface area contributed by atoms with E-state index in [1.54, 1.807) is 6.07 Å². The van der Waals surface area contributed by atoms with Gasteiger partial charge in [0.2, 0.25) is 0 Å². The molecule has 2 rings (SSSR count). The second-order valence-electron chi connectivity index (χ2n) is 5.16. The Labute approximate surface area is 102 Å². The quantitative estimate of drug-likeness (QED) is 0.770. The van der Waals surface area contributed by atoms with Crippen LogP contribution in [0.4, 0.5) is 5.69 Å². The van der Waals surface area contributed by atoms with E-state index in [4.69, 9.17) is 5.73 Å². The van der Waals surface area contributed by atoms with Gasteiger partial charge >= 0.3 is 0 Å². The number of hydrogen-bond acceptors (Lipinski definition) is 2. The molecule has 1 saturated carbocycles. The van der Waals surface area contributed by atoms with E-state index in [2.05, 4.69) is 12.2 Å². The molecule has 17 heavy (non-hydrogen) atoms. The second kappa shape index (κ2) is 4.78. The van der Waals surface area contributed by atoms with Gasteiger partial charge in [0.05, 0.1) is 0 Å². The Kier molecular flexibility index (Phi) is 3.36. The van der Waals surface area contributed by atoms with Gasteiger partial charge in [-0.05, 0) is 49.8 Å². The first-order valence-corrected chi connectivity index (χ1v) is 6.23. The number of nitrogen functional groups attached to an aromatic ring is 1. The van der Waals surface area contributed by atoms with Crippen LogP contribution in [0.15, 0.2) is 18.2 Å². The maximum absolute atomic E-state index is 12.0. The smallest absolute Gasteiger partial charge is 0.251 e. The summed E-state index contributed by atoms with van der Waals surface area (Å²) in [5, 5.41) is 3.08. The van der Waals surface area contributed by atoms with E-state index in [9.17, 15) is 4.79 Å². The SMILES string of the molecule is Cc1ccc(C(=O)NC2CCC(C)C2)cc1N. The summed E-state index contributed by atoms with van der Waals surface area (Å²) in [5.74, 6) is 0.721. The van der Waals surface area contributed by atoms with Gasteiger partial charge < -0.3 is 11.1 Å². The molecule has 1 fully saturated rings. The van der Waals surface area contributed by atoms with Crippen molar-refractivity contribution in [2.45, 2.75) is 39.2 Å². The van der Waals surface area contributed by atoms with E-state index in [1.165, 1.54) is 6.42 Å². The fourth-order valence-corrected chi connectivity index (χ4v) is 2.39. The number of benzene rings is 1. The third kappa shape index (κ3) is 2.78. The zero-order valence-corrected chi connectivity index (χ0v) is 10.5. The minimum atomic E-state index is -0.00389. The van der Waals surface area contributed by atoms with Crippen LogP contribution < -0.4 is 11.1 Å². The molecule has 1 amide bonds. The van der Waals surface area contributed by atoms with Crippen LogP contribution in [0.3, 0.4) is 0 Å². The van der Waals surface area contributed by atoms with Gasteiger partial charge in [-0.25, -0.2) is 0 Å². The average Bonchev–Trinajstić information content (AvgIpc) is 2.68. The number of nitrogens with one attached hydrogen (secondary N) is 1. The van der Waals surface area contributed by atoms with Crippen molar-refractivity contribution >= 4 is 11.6 Å². The number of hydrogen-bond donors (Lipinski definition) is 2. The topological polar surface area (TPSA) is 55.1 Å². The highest BCUT2D eigenvalue weighted by Crippen LogP contribution is 2.25. The van der Waals surface area contributed by atoms with Crippen LogP contribution in [0, 0.1) is 12.8 Å². The fourth-order valence-electron chi connectivity index (χ4n) is 2.39. The van der Waals surface area contributed by atoms with Crippen molar-refractivity contribution < 1.29 is 4.79 Å². The van der Waals surface area contributed by atoms with Crippen LogP contribution in [0.5, 0.6) is 0 Å². The summed E-state index contributed by atoms with van der Waals surface area (Å²) >= 11 is 0. The maximum Gasteiger partial charge on any atom is 0.251 e. The van der Waals surface area contributed by atoms with Crippen molar-refractivity contribution in [3.63, 3.8) is 0 Å². The zero-order valence-electron chi connectivity index (χ0n) is 10.5. The molecule has 0 aromatic heterocycles. The number of anilines is 1. The van der Waals surface area contributed by atoms with E-state index in [1.807, 2.05) is 19.1 Å². The van der Waals surface area contributed by atoms with Gasteiger partial charge in [0.15, 0.2) is 0 Å². The van der Waals surface area contributed by atoms with Gasteiger partial charge in [0, 0.05) is 17.3 Å². The molecule has 0 heterocycles. The fraction of sp³-hybridized carbons (Fsp3) is 0.500. The van der Waals surface area contributed by atoms with Crippen LogP contribution in [-0.2, 0) is 0 Å². The summed E-state index contributed by atoms with van der Waals surface area (Å²) in [6.07, 6.45) is 3.39. The lowest BCUT2D eigenvalue weighted by molar-refractivity contribution is 0.0937. The van der Waals surface area contributed by atoms with Crippen molar-refractivity contribution in [1.29, 1.82) is 0 Å². The standard InChI is InChI=1S/C14H20N2O/c1-9-3-6-12(7-9)16-14(17)11-5-4-10(2)13(15)8-11/h4-5,8-9,12H,3,6-7,15H2,1-2H3,(H,16,17). The van der Waals surface area contributed by atoms with Crippen LogP contribution in [0.2, 0.25) is 0 Å². The van der Waals surface area contributed by atoms with Crippen LogP contribution in [0.25, 0.3) is 0 Å².